The highest BCUT2D eigenvalue weighted by Gasteiger charge is 2.50. The molecule has 16 nitrogen and oxygen atoms in total. The molecular weight excluding hydrogens is 921 g/mol. The van der Waals surface area contributed by atoms with Gasteiger partial charge in [0.05, 0.1) is 52.0 Å². The maximum absolute atomic E-state index is 14.7. The zero-order chi connectivity index (χ0) is 49.2. The molecule has 6 aliphatic rings. The number of nitro benzene ring substituents is 1. The van der Waals surface area contributed by atoms with Crippen molar-refractivity contribution in [3.05, 3.63) is 106 Å². The first-order chi connectivity index (χ1) is 34.1. The second-order valence-electron chi connectivity index (χ2n) is 21.7. The van der Waals surface area contributed by atoms with Crippen molar-refractivity contribution in [2.75, 3.05) is 54.5 Å². The number of rotatable bonds is 13. The molecule has 3 N–H and O–H groups in total. The van der Waals surface area contributed by atoms with Gasteiger partial charge in [0, 0.05) is 55.1 Å². The second-order valence-corrected chi connectivity index (χ2v) is 23.4. The molecule has 3 atom stereocenters. The number of aromatic amines is 1. The predicted molar refractivity (Wildman–Crippen MR) is 273 cm³/mol. The number of amides is 1. The van der Waals surface area contributed by atoms with Crippen molar-refractivity contribution in [1.29, 1.82) is 0 Å². The number of nitrogens with zero attached hydrogens (tertiary/aromatic N) is 5. The monoisotopic (exact) mass is 986 g/mol. The third-order valence-electron chi connectivity index (χ3n) is 16.6. The van der Waals surface area contributed by atoms with E-state index in [1.165, 1.54) is 48.9 Å². The number of carbonyl (C=O) groups excluding carboxylic acids is 1. The number of pyridine rings is 1. The third kappa shape index (κ3) is 9.23. The highest BCUT2D eigenvalue weighted by Crippen LogP contribution is 2.54. The number of carbonyl (C=O) groups is 1. The highest BCUT2D eigenvalue weighted by atomic mass is 32.2. The van der Waals surface area contributed by atoms with E-state index in [1.807, 2.05) is 49.2 Å². The molecule has 5 aromatic rings. The van der Waals surface area contributed by atoms with Crippen molar-refractivity contribution >= 4 is 55.4 Å². The fourth-order valence-corrected chi connectivity index (χ4v) is 13.8. The lowest BCUT2D eigenvalue weighted by molar-refractivity contribution is -0.384. The van der Waals surface area contributed by atoms with Crippen LogP contribution in [-0.4, -0.2) is 103 Å². The Kier molecular flexibility index (Phi) is 12.5. The summed E-state index contributed by atoms with van der Waals surface area (Å²) in [5.41, 5.74) is 5.58. The van der Waals surface area contributed by atoms with Crippen LogP contribution in [0.15, 0.2) is 83.9 Å². The topological polar surface area (TPSA) is 184 Å². The molecule has 11 rings (SSSR count). The standard InChI is InChI=1S/C54H66N8O8S/c1-34(2)70-53(4)18-15-36(16-19-53)31-56-43-14-12-40(28-46(43)62(64)65)71(66,67)58-51(63)42-13-11-38(27-45(42)61-47-26-37-17-22-55-50(37)57-52(47)69-49-33-68-32-48(49)61)59-24-20-54(21-25-59)29-39(30-54)60-23-7-10-44(60)41-9-6-5-8-35(41)3/h5-6,8-9,11-14,17,22,26-28,34,36,39,44,48-49,56H,7,10,15-16,18-21,23-25,29-33H2,1-4H3,(H,55,57)(H,58,63)/t36?,44-,48+,49+,53?/m0/s1. The van der Waals surface area contributed by atoms with Gasteiger partial charge in [-0.15, -0.1) is 0 Å². The Hall–Kier alpha value is -5.75. The minimum Gasteiger partial charge on any atom is -0.468 e. The van der Waals surface area contributed by atoms with Gasteiger partial charge in [-0.3, -0.25) is 19.8 Å². The van der Waals surface area contributed by atoms with Crippen molar-refractivity contribution in [2.24, 2.45) is 11.3 Å². The van der Waals surface area contributed by atoms with E-state index in [1.54, 1.807) is 6.07 Å². The van der Waals surface area contributed by atoms with E-state index in [4.69, 9.17) is 19.2 Å². The molecular formula is C54H66N8O8S. The van der Waals surface area contributed by atoms with Crippen LogP contribution in [0.5, 0.6) is 5.88 Å². The Morgan fingerprint density at radius 3 is 2.52 bits per heavy atom. The van der Waals surface area contributed by atoms with Crippen LogP contribution in [0.4, 0.5) is 28.4 Å². The van der Waals surface area contributed by atoms with E-state index in [0.717, 1.165) is 75.3 Å². The summed E-state index contributed by atoms with van der Waals surface area (Å²) in [4.78, 5) is 41.3. The van der Waals surface area contributed by atoms with Crippen LogP contribution in [0.25, 0.3) is 11.0 Å². The largest absolute Gasteiger partial charge is 0.468 e. The highest BCUT2D eigenvalue weighted by molar-refractivity contribution is 7.90. The molecule has 3 saturated heterocycles. The SMILES string of the molecule is Cc1ccccc1[C@@H]1CCCN1C1CC2(CCN(c3ccc(C(=O)NS(=O)(=O)c4ccc(NCC5CCC(C)(OC(C)C)CC5)c([N+](=O)[O-])c4)c(N4c5cc6cc[nH]c6nc5O[C@@H]5COC[C@H]54)c3)CC2)C1. The molecule has 71 heavy (non-hydrogen) atoms. The maximum atomic E-state index is 14.7. The number of hydrogen-bond donors (Lipinski definition) is 3. The number of ether oxygens (including phenoxy) is 3. The number of hydrogen-bond acceptors (Lipinski definition) is 13. The number of fused-ring (bicyclic) bond motifs is 3. The molecule has 4 aliphatic heterocycles. The minimum absolute atomic E-state index is 0.115. The fraction of sp³-hybridized carbons (Fsp3) is 0.519. The van der Waals surface area contributed by atoms with Gasteiger partial charge in [0.2, 0.25) is 5.88 Å². The average Bonchev–Trinajstić information content (AvgIpc) is 4.13. The van der Waals surface area contributed by atoms with E-state index < -0.39 is 37.5 Å². The van der Waals surface area contributed by atoms with Gasteiger partial charge in [0.1, 0.15) is 23.1 Å². The minimum atomic E-state index is -4.60. The number of H-pyrrole nitrogens is 1. The predicted octanol–water partition coefficient (Wildman–Crippen LogP) is 9.57. The Morgan fingerprint density at radius 2 is 1.76 bits per heavy atom. The van der Waals surface area contributed by atoms with E-state index in [-0.39, 0.29) is 34.9 Å². The zero-order valence-electron chi connectivity index (χ0n) is 41.2. The summed E-state index contributed by atoms with van der Waals surface area (Å²) < 4.78 is 49.3. The molecule has 17 heteroatoms. The van der Waals surface area contributed by atoms with E-state index in [0.29, 0.717) is 60.2 Å². The summed E-state index contributed by atoms with van der Waals surface area (Å²) in [5, 5.41) is 16.5. The van der Waals surface area contributed by atoms with Gasteiger partial charge in [-0.05, 0) is 163 Å². The van der Waals surface area contributed by atoms with Crippen molar-refractivity contribution in [2.45, 2.75) is 133 Å². The van der Waals surface area contributed by atoms with E-state index >= 15 is 0 Å². The molecule has 2 saturated carbocycles. The Balaban J connectivity index is 0.843. The lowest BCUT2D eigenvalue weighted by atomic mass is 9.59. The Labute approximate surface area is 416 Å². The molecule has 0 radical (unpaired) electrons. The Bertz CT molecular complexity index is 2940. The number of nitrogens with one attached hydrogen (secondary N) is 3. The summed E-state index contributed by atoms with van der Waals surface area (Å²) >= 11 is 0. The van der Waals surface area contributed by atoms with Crippen molar-refractivity contribution in [3.63, 3.8) is 0 Å². The smallest absolute Gasteiger partial charge is 0.293 e. The van der Waals surface area contributed by atoms with Crippen LogP contribution in [0, 0.1) is 28.4 Å². The molecule has 6 heterocycles. The van der Waals surface area contributed by atoms with Gasteiger partial charge < -0.3 is 34.3 Å². The number of aromatic nitrogens is 2. The quantitative estimate of drug-likeness (QED) is 0.0749. The number of anilines is 4. The second kappa shape index (κ2) is 18.7. The van der Waals surface area contributed by atoms with E-state index in [2.05, 4.69) is 62.9 Å². The average molecular weight is 987 g/mol. The van der Waals surface area contributed by atoms with Crippen molar-refractivity contribution in [1.82, 2.24) is 19.6 Å². The summed E-state index contributed by atoms with van der Waals surface area (Å²) in [7, 11) is -4.60. The van der Waals surface area contributed by atoms with Crippen LogP contribution < -0.4 is 24.6 Å². The van der Waals surface area contributed by atoms with Crippen LogP contribution in [0.1, 0.15) is 113 Å². The number of nitro groups is 1. The normalized spacial score (nSPS) is 25.5. The fourth-order valence-electron chi connectivity index (χ4n) is 12.8. The first kappa shape index (κ1) is 47.6. The molecule has 0 unspecified atom stereocenters. The van der Waals surface area contributed by atoms with Crippen molar-refractivity contribution in [3.8, 4) is 5.88 Å². The number of piperidine rings is 1. The molecule has 2 aliphatic carbocycles. The van der Waals surface area contributed by atoms with Crippen LogP contribution in [0.2, 0.25) is 0 Å². The summed E-state index contributed by atoms with van der Waals surface area (Å²) in [6, 6.07) is 22.8. The van der Waals surface area contributed by atoms with E-state index in [9.17, 15) is 23.3 Å². The van der Waals surface area contributed by atoms with Crippen LogP contribution in [0.3, 0.4) is 0 Å². The van der Waals surface area contributed by atoms with Gasteiger partial charge in [0.15, 0.2) is 0 Å². The van der Waals surface area contributed by atoms with Crippen LogP contribution in [-0.2, 0) is 19.5 Å². The summed E-state index contributed by atoms with van der Waals surface area (Å²) in [6.45, 7) is 12.4. The first-order valence-electron chi connectivity index (χ1n) is 25.6. The molecule has 1 spiro atoms. The molecule has 5 fully saturated rings. The lowest BCUT2D eigenvalue weighted by Crippen LogP contribution is -2.55. The molecule has 1 amide bonds. The molecule has 376 valence electrons. The van der Waals surface area contributed by atoms with Gasteiger partial charge in [0.25, 0.3) is 21.6 Å². The third-order valence-corrected chi connectivity index (χ3v) is 18.0. The van der Waals surface area contributed by atoms with Gasteiger partial charge in [-0.2, -0.15) is 4.98 Å². The summed E-state index contributed by atoms with van der Waals surface area (Å²) in [5.74, 6) is -0.220. The molecule has 2 aromatic heterocycles. The molecule has 0 bridgehead atoms. The number of aryl methyl sites for hydroxylation is 1. The van der Waals surface area contributed by atoms with Gasteiger partial charge in [-0.25, -0.2) is 13.1 Å². The van der Waals surface area contributed by atoms with Gasteiger partial charge in [-0.1, -0.05) is 24.3 Å². The van der Waals surface area contributed by atoms with Gasteiger partial charge >= 0.3 is 0 Å². The number of benzene rings is 3. The first-order valence-corrected chi connectivity index (χ1v) is 27.1. The molecule has 3 aromatic carbocycles. The lowest BCUT2D eigenvalue weighted by Gasteiger charge is -2.56. The number of sulfonamides is 1. The summed E-state index contributed by atoms with van der Waals surface area (Å²) in [6.07, 6.45) is 12.1. The van der Waals surface area contributed by atoms with Crippen LogP contribution >= 0.6 is 0 Å². The van der Waals surface area contributed by atoms with Crippen molar-refractivity contribution < 1.29 is 32.3 Å². The number of likely N-dealkylation sites (tertiary alicyclic amines) is 1. The Morgan fingerprint density at radius 1 is 0.972 bits per heavy atom. The zero-order valence-corrected chi connectivity index (χ0v) is 42.0. The maximum Gasteiger partial charge on any atom is 0.293 e.